The first-order valence-corrected chi connectivity index (χ1v) is 14.2. The van der Waals surface area contributed by atoms with Crippen molar-refractivity contribution in [3.8, 4) is 35.5 Å². The standard InChI is InChI=1S/C36H39P/c1-34(2,3)25-22-28-10-16-31(17-11-28)37(32-18-12-29(13-19-32)23-26-35(4,5)6)33-20-14-30(15-21-33)24-27-36(7,8)9/h10-21H,1-9H3. The van der Waals surface area contributed by atoms with Crippen molar-refractivity contribution in [2.75, 3.05) is 0 Å². The zero-order valence-corrected chi connectivity index (χ0v) is 24.8. The van der Waals surface area contributed by atoms with Crippen LogP contribution < -0.4 is 15.9 Å². The van der Waals surface area contributed by atoms with Gasteiger partial charge in [0.1, 0.15) is 0 Å². The van der Waals surface area contributed by atoms with E-state index in [0.29, 0.717) is 0 Å². The zero-order chi connectivity index (χ0) is 27.3. The fourth-order valence-corrected chi connectivity index (χ4v) is 5.54. The van der Waals surface area contributed by atoms with Gasteiger partial charge < -0.3 is 0 Å². The van der Waals surface area contributed by atoms with Gasteiger partial charge in [-0.1, -0.05) is 71.9 Å². The van der Waals surface area contributed by atoms with Crippen LogP contribution in [-0.2, 0) is 0 Å². The predicted octanol–water partition coefficient (Wildman–Crippen LogP) is 7.64. The van der Waals surface area contributed by atoms with E-state index in [4.69, 9.17) is 0 Å². The lowest BCUT2D eigenvalue weighted by atomic mass is 9.97. The molecule has 0 amide bonds. The van der Waals surface area contributed by atoms with E-state index in [1.807, 2.05) is 0 Å². The molecule has 0 radical (unpaired) electrons. The smallest absolute Gasteiger partial charge is 0.0245 e. The minimum atomic E-state index is -0.723. The normalized spacial score (nSPS) is 11.5. The van der Waals surface area contributed by atoms with Crippen LogP contribution in [0.5, 0.6) is 0 Å². The van der Waals surface area contributed by atoms with E-state index in [0.717, 1.165) is 16.7 Å². The minimum Gasteiger partial charge on any atom is -0.0920 e. The first-order chi connectivity index (χ1) is 17.2. The Bertz CT molecular complexity index is 1200. The summed E-state index contributed by atoms with van der Waals surface area (Å²) in [7, 11) is -0.723. The third kappa shape index (κ3) is 9.63. The summed E-state index contributed by atoms with van der Waals surface area (Å²) in [5, 5.41) is 3.91. The molecule has 3 aromatic rings. The molecule has 37 heavy (non-hydrogen) atoms. The topological polar surface area (TPSA) is 0 Å². The molecule has 0 spiro atoms. The van der Waals surface area contributed by atoms with Crippen LogP contribution in [-0.4, -0.2) is 0 Å². The summed E-state index contributed by atoms with van der Waals surface area (Å²) in [5.74, 6) is 20.0. The average Bonchev–Trinajstić information content (AvgIpc) is 2.81. The number of hydrogen-bond donors (Lipinski definition) is 0. The quantitative estimate of drug-likeness (QED) is 0.255. The van der Waals surface area contributed by atoms with Gasteiger partial charge >= 0.3 is 0 Å². The van der Waals surface area contributed by atoms with Gasteiger partial charge in [-0.3, -0.25) is 0 Å². The summed E-state index contributed by atoms with van der Waals surface area (Å²) in [6.45, 7) is 19.2. The highest BCUT2D eigenvalue weighted by Gasteiger charge is 2.17. The van der Waals surface area contributed by atoms with Crippen LogP contribution in [0.4, 0.5) is 0 Å². The molecule has 0 aliphatic carbocycles. The monoisotopic (exact) mass is 502 g/mol. The highest BCUT2D eigenvalue weighted by molar-refractivity contribution is 7.79. The summed E-state index contributed by atoms with van der Waals surface area (Å²) >= 11 is 0. The van der Waals surface area contributed by atoms with Crippen LogP contribution in [0.15, 0.2) is 72.8 Å². The SMILES string of the molecule is CC(C)(C)C#Cc1ccc(P(c2ccc(C#CC(C)(C)C)cc2)c2ccc(C#CC(C)(C)C)cc2)cc1. The van der Waals surface area contributed by atoms with Crippen LogP contribution in [0.2, 0.25) is 0 Å². The van der Waals surface area contributed by atoms with Gasteiger partial charge in [-0.2, -0.15) is 0 Å². The molecule has 0 aliphatic heterocycles. The van der Waals surface area contributed by atoms with E-state index in [2.05, 4.69) is 171 Å². The molecule has 0 unspecified atom stereocenters. The van der Waals surface area contributed by atoms with Gasteiger partial charge in [0.2, 0.25) is 0 Å². The molecule has 0 aliphatic rings. The first-order valence-electron chi connectivity index (χ1n) is 12.9. The van der Waals surface area contributed by atoms with Crippen LogP contribution in [0.1, 0.15) is 79.0 Å². The Morgan fingerprint density at radius 3 is 0.784 bits per heavy atom. The van der Waals surface area contributed by atoms with Gasteiger partial charge in [-0.05, 0) is 123 Å². The van der Waals surface area contributed by atoms with Gasteiger partial charge in [0.15, 0.2) is 0 Å². The molecule has 0 N–H and O–H groups in total. The molecule has 3 rings (SSSR count). The third-order valence-electron chi connectivity index (χ3n) is 5.12. The second-order valence-corrected chi connectivity index (χ2v) is 14.7. The van der Waals surface area contributed by atoms with Gasteiger partial charge in [0.25, 0.3) is 0 Å². The molecule has 1 heteroatoms. The summed E-state index contributed by atoms with van der Waals surface area (Å²) in [4.78, 5) is 0. The van der Waals surface area contributed by atoms with Crippen molar-refractivity contribution in [3.05, 3.63) is 89.5 Å². The third-order valence-corrected chi connectivity index (χ3v) is 7.57. The lowest BCUT2D eigenvalue weighted by Gasteiger charge is -2.20. The first kappa shape index (κ1) is 28.3. The maximum atomic E-state index is 3.34. The number of benzene rings is 3. The Balaban J connectivity index is 2.01. The molecule has 0 fully saturated rings. The number of rotatable bonds is 3. The second-order valence-electron chi connectivity index (χ2n) is 12.5. The molecule has 0 heterocycles. The van der Waals surface area contributed by atoms with Gasteiger partial charge in [0, 0.05) is 32.9 Å². The zero-order valence-electron chi connectivity index (χ0n) is 23.9. The van der Waals surface area contributed by atoms with Crippen molar-refractivity contribution < 1.29 is 0 Å². The van der Waals surface area contributed by atoms with E-state index in [9.17, 15) is 0 Å². The molecular weight excluding hydrogens is 463 g/mol. The van der Waals surface area contributed by atoms with Crippen molar-refractivity contribution in [2.45, 2.75) is 62.3 Å². The Hall–Kier alpha value is -3.23. The lowest BCUT2D eigenvalue weighted by Crippen LogP contribution is -2.20. The highest BCUT2D eigenvalue weighted by atomic mass is 31.1. The molecule has 0 atom stereocenters. The summed E-state index contributed by atoms with van der Waals surface area (Å²) in [6.07, 6.45) is 0. The highest BCUT2D eigenvalue weighted by Crippen LogP contribution is 2.33. The Morgan fingerprint density at radius 2 is 0.595 bits per heavy atom. The van der Waals surface area contributed by atoms with Crippen molar-refractivity contribution in [1.82, 2.24) is 0 Å². The molecule has 0 bridgehead atoms. The molecule has 0 aromatic heterocycles. The van der Waals surface area contributed by atoms with Crippen molar-refractivity contribution in [1.29, 1.82) is 0 Å². The fraction of sp³-hybridized carbons (Fsp3) is 0.333. The molecule has 3 aromatic carbocycles. The van der Waals surface area contributed by atoms with Crippen LogP contribution in [0.3, 0.4) is 0 Å². The van der Waals surface area contributed by atoms with E-state index in [1.54, 1.807) is 0 Å². The maximum Gasteiger partial charge on any atom is 0.0245 e. The molecule has 0 saturated heterocycles. The summed E-state index contributed by atoms with van der Waals surface area (Å²) in [5.41, 5.74) is 3.11. The van der Waals surface area contributed by atoms with Gasteiger partial charge in [-0.15, -0.1) is 0 Å². The van der Waals surface area contributed by atoms with E-state index in [1.165, 1.54) is 15.9 Å². The largest absolute Gasteiger partial charge is 0.0920 e. The predicted molar refractivity (Wildman–Crippen MR) is 164 cm³/mol. The molecular formula is C36H39P. The second kappa shape index (κ2) is 11.4. The van der Waals surface area contributed by atoms with Crippen LogP contribution >= 0.6 is 7.92 Å². The average molecular weight is 503 g/mol. The fourth-order valence-electron chi connectivity index (χ4n) is 3.31. The van der Waals surface area contributed by atoms with Gasteiger partial charge in [-0.25, -0.2) is 0 Å². The Kier molecular flexibility index (Phi) is 8.76. The number of hydrogen-bond acceptors (Lipinski definition) is 0. The molecule has 0 nitrogen and oxygen atoms in total. The molecule has 0 saturated carbocycles. The minimum absolute atomic E-state index is 0.0133. The van der Waals surface area contributed by atoms with Crippen molar-refractivity contribution >= 4 is 23.8 Å². The Labute approximate surface area is 227 Å². The van der Waals surface area contributed by atoms with Crippen molar-refractivity contribution in [3.63, 3.8) is 0 Å². The van der Waals surface area contributed by atoms with E-state index < -0.39 is 7.92 Å². The van der Waals surface area contributed by atoms with Crippen LogP contribution in [0.25, 0.3) is 0 Å². The summed E-state index contributed by atoms with van der Waals surface area (Å²) < 4.78 is 0. The van der Waals surface area contributed by atoms with Crippen molar-refractivity contribution in [2.24, 2.45) is 16.2 Å². The van der Waals surface area contributed by atoms with E-state index >= 15 is 0 Å². The van der Waals surface area contributed by atoms with Crippen LogP contribution in [0, 0.1) is 51.8 Å². The lowest BCUT2D eigenvalue weighted by molar-refractivity contribution is 0.570. The van der Waals surface area contributed by atoms with E-state index in [-0.39, 0.29) is 16.2 Å². The molecule has 188 valence electrons. The Morgan fingerprint density at radius 1 is 0.378 bits per heavy atom. The van der Waals surface area contributed by atoms with Gasteiger partial charge in [0.05, 0.1) is 0 Å². The summed E-state index contributed by atoms with van der Waals surface area (Å²) in [6, 6.07) is 26.3. The maximum absolute atomic E-state index is 3.34.